The van der Waals surface area contributed by atoms with Crippen LogP contribution in [0.25, 0.3) is 11.0 Å². The molecule has 0 amide bonds. The van der Waals surface area contributed by atoms with Crippen LogP contribution >= 0.6 is 0 Å². The fraction of sp³-hybridized carbons (Fsp3) is 0.429. The molecular weight excluding hydrogens is 275 g/mol. The van der Waals surface area contributed by atoms with Crippen LogP contribution in [0.3, 0.4) is 0 Å². The van der Waals surface area contributed by atoms with Gasteiger partial charge in [0, 0.05) is 13.5 Å². The van der Waals surface area contributed by atoms with E-state index in [1.54, 1.807) is 10.6 Å². The van der Waals surface area contributed by atoms with E-state index >= 15 is 0 Å². The van der Waals surface area contributed by atoms with Gasteiger partial charge in [0.15, 0.2) is 0 Å². The summed E-state index contributed by atoms with van der Waals surface area (Å²) in [4.78, 5) is 15.5. The predicted octanol–water partition coefficient (Wildman–Crippen LogP) is 1.22. The van der Waals surface area contributed by atoms with Crippen molar-refractivity contribution in [3.8, 4) is 0 Å². The van der Waals surface area contributed by atoms with E-state index in [9.17, 15) is 9.18 Å². The minimum absolute atomic E-state index is 0.151. The van der Waals surface area contributed by atoms with Crippen LogP contribution in [0.4, 0.5) is 10.3 Å². The van der Waals surface area contributed by atoms with Gasteiger partial charge in [-0.2, -0.15) is 0 Å². The van der Waals surface area contributed by atoms with E-state index in [-0.39, 0.29) is 23.9 Å². The number of rotatable bonds is 2. The number of aromatic nitrogens is 2. The summed E-state index contributed by atoms with van der Waals surface area (Å²) in [6, 6.07) is 4.21. The van der Waals surface area contributed by atoms with Crippen molar-refractivity contribution in [2.24, 2.45) is 0 Å². The van der Waals surface area contributed by atoms with Gasteiger partial charge in [-0.3, -0.25) is 4.79 Å². The molecule has 21 heavy (non-hydrogen) atoms. The molecule has 1 aromatic carbocycles. The van der Waals surface area contributed by atoms with E-state index in [0.717, 1.165) is 13.0 Å². The normalized spacial score (nSPS) is 22.4. The summed E-state index contributed by atoms with van der Waals surface area (Å²) in [5.74, 6) is -0.385. The summed E-state index contributed by atoms with van der Waals surface area (Å²) in [6.07, 6.45) is 0.378. The molecule has 1 aliphatic heterocycles. The van der Waals surface area contributed by atoms with Gasteiger partial charge in [0.2, 0.25) is 5.95 Å². The Morgan fingerprint density at radius 1 is 1.57 bits per heavy atom. The summed E-state index contributed by atoms with van der Waals surface area (Å²) in [5, 5.41) is 3.19. The SMILES string of the molecule is CC(=O)O[C@H]1CNCCC1n1c(N)nc2ccc(F)cc21. The van der Waals surface area contributed by atoms with Crippen molar-refractivity contribution in [3.05, 3.63) is 24.0 Å². The molecule has 112 valence electrons. The van der Waals surface area contributed by atoms with Crippen molar-refractivity contribution in [2.75, 3.05) is 18.8 Å². The van der Waals surface area contributed by atoms with Crippen molar-refractivity contribution in [1.29, 1.82) is 0 Å². The second kappa shape index (κ2) is 5.33. The van der Waals surface area contributed by atoms with Crippen LogP contribution < -0.4 is 11.1 Å². The number of carbonyl (C=O) groups is 1. The Morgan fingerprint density at radius 3 is 3.14 bits per heavy atom. The number of anilines is 1. The number of ether oxygens (including phenoxy) is 1. The van der Waals surface area contributed by atoms with Gasteiger partial charge in [-0.05, 0) is 31.2 Å². The van der Waals surface area contributed by atoms with Gasteiger partial charge in [0.25, 0.3) is 0 Å². The first kappa shape index (κ1) is 13.8. The van der Waals surface area contributed by atoms with Crippen molar-refractivity contribution in [1.82, 2.24) is 14.9 Å². The highest BCUT2D eigenvalue weighted by molar-refractivity contribution is 5.78. The van der Waals surface area contributed by atoms with Crippen molar-refractivity contribution in [3.63, 3.8) is 0 Å². The van der Waals surface area contributed by atoms with Gasteiger partial charge < -0.3 is 20.4 Å². The molecule has 2 aromatic rings. The maximum Gasteiger partial charge on any atom is 0.303 e. The maximum absolute atomic E-state index is 13.5. The molecule has 7 heteroatoms. The number of piperidine rings is 1. The average molecular weight is 292 g/mol. The Balaban J connectivity index is 2.06. The molecule has 2 heterocycles. The largest absolute Gasteiger partial charge is 0.459 e. The first-order valence-corrected chi connectivity index (χ1v) is 6.87. The number of fused-ring (bicyclic) bond motifs is 1. The topological polar surface area (TPSA) is 82.2 Å². The third kappa shape index (κ3) is 2.56. The first-order chi connectivity index (χ1) is 10.1. The lowest BCUT2D eigenvalue weighted by Gasteiger charge is -2.33. The van der Waals surface area contributed by atoms with Crippen LogP contribution in [-0.2, 0) is 9.53 Å². The molecule has 2 atom stereocenters. The lowest BCUT2D eigenvalue weighted by atomic mass is 10.0. The third-order valence-electron chi connectivity index (χ3n) is 3.72. The smallest absolute Gasteiger partial charge is 0.303 e. The van der Waals surface area contributed by atoms with Crippen LogP contribution in [0.2, 0.25) is 0 Å². The summed E-state index contributed by atoms with van der Waals surface area (Å²) >= 11 is 0. The highest BCUT2D eigenvalue weighted by Gasteiger charge is 2.31. The first-order valence-electron chi connectivity index (χ1n) is 6.87. The zero-order chi connectivity index (χ0) is 15.0. The fourth-order valence-corrected chi connectivity index (χ4v) is 2.88. The van der Waals surface area contributed by atoms with Crippen LogP contribution in [0.1, 0.15) is 19.4 Å². The van der Waals surface area contributed by atoms with E-state index in [2.05, 4.69) is 10.3 Å². The second-order valence-electron chi connectivity index (χ2n) is 5.18. The number of hydrogen-bond acceptors (Lipinski definition) is 5. The van der Waals surface area contributed by atoms with Gasteiger partial charge in [0.1, 0.15) is 11.9 Å². The molecule has 0 spiro atoms. The summed E-state index contributed by atoms with van der Waals surface area (Å²) in [6.45, 7) is 2.69. The fourth-order valence-electron chi connectivity index (χ4n) is 2.88. The average Bonchev–Trinajstić information content (AvgIpc) is 2.74. The molecule has 0 saturated carbocycles. The number of nitrogens with zero attached hydrogens (tertiary/aromatic N) is 2. The molecule has 3 N–H and O–H groups in total. The number of esters is 1. The minimum atomic E-state index is -0.348. The second-order valence-corrected chi connectivity index (χ2v) is 5.18. The Bertz CT molecular complexity index is 685. The zero-order valence-corrected chi connectivity index (χ0v) is 11.7. The summed E-state index contributed by atoms with van der Waals surface area (Å²) in [7, 11) is 0. The Hall–Kier alpha value is -2.15. The maximum atomic E-state index is 13.5. The lowest BCUT2D eigenvalue weighted by Crippen LogP contribution is -2.44. The van der Waals surface area contributed by atoms with Crippen LogP contribution in [0.5, 0.6) is 0 Å². The number of nitrogens with one attached hydrogen (secondary N) is 1. The monoisotopic (exact) mass is 292 g/mol. The Morgan fingerprint density at radius 2 is 2.38 bits per heavy atom. The summed E-state index contributed by atoms with van der Waals surface area (Å²) in [5.41, 5.74) is 7.25. The number of benzene rings is 1. The van der Waals surface area contributed by atoms with Crippen molar-refractivity contribution >= 4 is 23.0 Å². The Labute approximate surface area is 121 Å². The van der Waals surface area contributed by atoms with Gasteiger partial charge >= 0.3 is 5.97 Å². The summed E-state index contributed by atoms with van der Waals surface area (Å²) < 4.78 is 20.7. The standard InChI is InChI=1S/C14H17FN4O2/c1-8(20)21-13-7-17-5-4-11(13)19-12-6-9(15)2-3-10(12)18-14(19)16/h2-3,6,11,13,17H,4-5,7H2,1H3,(H2,16,18)/t11?,13-/m0/s1. The van der Waals surface area contributed by atoms with Crippen LogP contribution in [-0.4, -0.2) is 34.7 Å². The molecule has 1 saturated heterocycles. The molecule has 3 rings (SSSR count). The molecule has 0 aliphatic carbocycles. The number of carbonyl (C=O) groups excluding carboxylic acids is 1. The minimum Gasteiger partial charge on any atom is -0.459 e. The van der Waals surface area contributed by atoms with E-state index < -0.39 is 0 Å². The highest BCUT2D eigenvalue weighted by atomic mass is 19.1. The number of hydrogen-bond donors (Lipinski definition) is 2. The van der Waals surface area contributed by atoms with Crippen molar-refractivity contribution < 1.29 is 13.9 Å². The van der Waals surface area contributed by atoms with Gasteiger partial charge in [0.05, 0.1) is 17.1 Å². The van der Waals surface area contributed by atoms with Gasteiger partial charge in [-0.1, -0.05) is 0 Å². The molecule has 1 fully saturated rings. The Kier molecular flexibility index (Phi) is 3.50. The number of halogens is 1. The number of nitrogen functional groups attached to an aromatic ring is 1. The van der Waals surface area contributed by atoms with Crippen LogP contribution in [0, 0.1) is 5.82 Å². The van der Waals surface area contributed by atoms with E-state index in [1.807, 2.05) is 0 Å². The van der Waals surface area contributed by atoms with E-state index in [1.165, 1.54) is 19.1 Å². The molecule has 1 unspecified atom stereocenters. The molecule has 0 bridgehead atoms. The van der Waals surface area contributed by atoms with Gasteiger partial charge in [-0.25, -0.2) is 9.37 Å². The molecule has 0 radical (unpaired) electrons. The highest BCUT2D eigenvalue weighted by Crippen LogP contribution is 2.30. The number of imidazole rings is 1. The predicted molar refractivity (Wildman–Crippen MR) is 76.2 cm³/mol. The third-order valence-corrected chi connectivity index (χ3v) is 3.72. The zero-order valence-electron chi connectivity index (χ0n) is 11.7. The molecule has 1 aliphatic rings. The lowest BCUT2D eigenvalue weighted by molar-refractivity contribution is -0.149. The van der Waals surface area contributed by atoms with Crippen LogP contribution in [0.15, 0.2) is 18.2 Å². The molecule has 1 aromatic heterocycles. The van der Waals surface area contributed by atoms with E-state index in [4.69, 9.17) is 10.5 Å². The van der Waals surface area contributed by atoms with Gasteiger partial charge in [-0.15, -0.1) is 0 Å². The molecule has 6 nitrogen and oxygen atoms in total. The quantitative estimate of drug-likeness (QED) is 0.813. The van der Waals surface area contributed by atoms with Crippen molar-refractivity contribution in [2.45, 2.75) is 25.5 Å². The molecular formula is C14H17FN4O2. The van der Waals surface area contributed by atoms with E-state index in [0.29, 0.717) is 23.5 Å². The number of nitrogens with two attached hydrogens (primary N) is 1.